The third-order valence-electron chi connectivity index (χ3n) is 3.30. The Kier molecular flexibility index (Phi) is 4.07. The molecule has 18 heavy (non-hydrogen) atoms. The van der Waals surface area contributed by atoms with Gasteiger partial charge in [0.1, 0.15) is 0 Å². The SMILES string of the molecule is CC(C)Oc1cccnc1N1CCC(N)CC1C. The second-order valence-electron chi connectivity index (χ2n) is 5.32. The number of rotatable bonds is 3. The quantitative estimate of drug-likeness (QED) is 0.892. The lowest BCUT2D eigenvalue weighted by atomic mass is 9.99. The molecule has 100 valence electrons. The Bertz CT molecular complexity index is 394. The summed E-state index contributed by atoms with van der Waals surface area (Å²) in [6, 6.07) is 4.64. The van der Waals surface area contributed by atoms with Crippen molar-refractivity contribution in [2.45, 2.75) is 51.8 Å². The molecule has 0 aromatic carbocycles. The third kappa shape index (κ3) is 2.93. The van der Waals surface area contributed by atoms with Gasteiger partial charge in [0.2, 0.25) is 0 Å². The zero-order chi connectivity index (χ0) is 13.1. The Morgan fingerprint density at radius 3 is 2.94 bits per heavy atom. The number of aromatic nitrogens is 1. The molecule has 2 atom stereocenters. The number of pyridine rings is 1. The molecule has 0 aliphatic carbocycles. The van der Waals surface area contributed by atoms with Crippen molar-refractivity contribution >= 4 is 5.82 Å². The second kappa shape index (κ2) is 5.57. The number of hydrogen-bond donors (Lipinski definition) is 1. The average Bonchev–Trinajstić information content (AvgIpc) is 2.30. The van der Waals surface area contributed by atoms with Crippen LogP contribution in [0.2, 0.25) is 0 Å². The molecule has 2 rings (SSSR count). The minimum atomic E-state index is 0.162. The summed E-state index contributed by atoms with van der Waals surface area (Å²) in [4.78, 5) is 6.80. The van der Waals surface area contributed by atoms with E-state index < -0.39 is 0 Å². The Morgan fingerprint density at radius 2 is 2.28 bits per heavy atom. The Hall–Kier alpha value is -1.29. The fourth-order valence-corrected chi connectivity index (χ4v) is 2.47. The van der Waals surface area contributed by atoms with E-state index in [-0.39, 0.29) is 6.10 Å². The summed E-state index contributed by atoms with van der Waals surface area (Å²) in [7, 11) is 0. The van der Waals surface area contributed by atoms with E-state index in [1.165, 1.54) is 0 Å². The minimum absolute atomic E-state index is 0.162. The fraction of sp³-hybridized carbons (Fsp3) is 0.643. The van der Waals surface area contributed by atoms with Crippen molar-refractivity contribution in [1.29, 1.82) is 0 Å². The predicted molar refractivity (Wildman–Crippen MR) is 74.0 cm³/mol. The van der Waals surface area contributed by atoms with Crippen LogP contribution in [0, 0.1) is 0 Å². The van der Waals surface area contributed by atoms with Gasteiger partial charge in [-0.15, -0.1) is 0 Å². The smallest absolute Gasteiger partial charge is 0.171 e. The number of nitrogens with zero attached hydrogens (tertiary/aromatic N) is 2. The van der Waals surface area contributed by atoms with Gasteiger partial charge >= 0.3 is 0 Å². The monoisotopic (exact) mass is 249 g/mol. The van der Waals surface area contributed by atoms with E-state index in [0.717, 1.165) is 31.0 Å². The van der Waals surface area contributed by atoms with Gasteiger partial charge in [-0.05, 0) is 45.7 Å². The highest BCUT2D eigenvalue weighted by molar-refractivity contribution is 5.53. The highest BCUT2D eigenvalue weighted by Crippen LogP contribution is 2.31. The highest BCUT2D eigenvalue weighted by Gasteiger charge is 2.26. The molecule has 2 unspecified atom stereocenters. The van der Waals surface area contributed by atoms with E-state index in [1.807, 2.05) is 32.2 Å². The van der Waals surface area contributed by atoms with Crippen molar-refractivity contribution in [1.82, 2.24) is 4.98 Å². The molecule has 0 amide bonds. The van der Waals surface area contributed by atoms with Crippen LogP contribution in [0.5, 0.6) is 5.75 Å². The molecule has 1 saturated heterocycles. The van der Waals surface area contributed by atoms with Crippen LogP contribution in [0.4, 0.5) is 5.82 Å². The maximum Gasteiger partial charge on any atom is 0.171 e. The third-order valence-corrected chi connectivity index (χ3v) is 3.30. The Balaban J connectivity index is 2.21. The van der Waals surface area contributed by atoms with Gasteiger partial charge in [-0.3, -0.25) is 0 Å². The van der Waals surface area contributed by atoms with E-state index in [0.29, 0.717) is 12.1 Å². The summed E-state index contributed by atoms with van der Waals surface area (Å²) in [6.07, 6.45) is 4.01. The van der Waals surface area contributed by atoms with Crippen molar-refractivity contribution in [3.05, 3.63) is 18.3 Å². The number of piperidine rings is 1. The van der Waals surface area contributed by atoms with Gasteiger partial charge in [0.25, 0.3) is 0 Å². The van der Waals surface area contributed by atoms with E-state index in [2.05, 4.69) is 16.8 Å². The van der Waals surface area contributed by atoms with Crippen LogP contribution < -0.4 is 15.4 Å². The van der Waals surface area contributed by atoms with Gasteiger partial charge in [-0.2, -0.15) is 0 Å². The number of nitrogens with two attached hydrogens (primary N) is 1. The lowest BCUT2D eigenvalue weighted by Gasteiger charge is -2.38. The van der Waals surface area contributed by atoms with E-state index in [4.69, 9.17) is 10.5 Å². The van der Waals surface area contributed by atoms with Crippen molar-refractivity contribution < 1.29 is 4.74 Å². The largest absolute Gasteiger partial charge is 0.487 e. The molecule has 4 nitrogen and oxygen atoms in total. The molecule has 2 N–H and O–H groups in total. The van der Waals surface area contributed by atoms with Crippen LogP contribution in [0.3, 0.4) is 0 Å². The highest BCUT2D eigenvalue weighted by atomic mass is 16.5. The lowest BCUT2D eigenvalue weighted by Crippen LogP contribution is -2.46. The maximum atomic E-state index is 6.01. The molecule has 1 aliphatic rings. The first-order valence-corrected chi connectivity index (χ1v) is 6.72. The van der Waals surface area contributed by atoms with Crippen LogP contribution in [-0.2, 0) is 0 Å². The van der Waals surface area contributed by atoms with Crippen LogP contribution in [0.25, 0.3) is 0 Å². The number of anilines is 1. The fourth-order valence-electron chi connectivity index (χ4n) is 2.47. The van der Waals surface area contributed by atoms with Crippen molar-refractivity contribution in [2.24, 2.45) is 5.73 Å². The second-order valence-corrected chi connectivity index (χ2v) is 5.32. The van der Waals surface area contributed by atoms with Gasteiger partial charge in [-0.25, -0.2) is 4.98 Å². The van der Waals surface area contributed by atoms with E-state index >= 15 is 0 Å². The van der Waals surface area contributed by atoms with Crippen LogP contribution in [0.1, 0.15) is 33.6 Å². The van der Waals surface area contributed by atoms with Crippen LogP contribution >= 0.6 is 0 Å². The van der Waals surface area contributed by atoms with Crippen LogP contribution in [-0.4, -0.2) is 29.7 Å². The molecular weight excluding hydrogens is 226 g/mol. The van der Waals surface area contributed by atoms with E-state index in [1.54, 1.807) is 0 Å². The molecule has 1 aliphatic heterocycles. The van der Waals surface area contributed by atoms with Gasteiger partial charge in [0.15, 0.2) is 11.6 Å². The summed E-state index contributed by atoms with van der Waals surface area (Å²) >= 11 is 0. The summed E-state index contributed by atoms with van der Waals surface area (Å²) in [5.74, 6) is 1.82. The molecule has 1 fully saturated rings. The molecule has 2 heterocycles. The topological polar surface area (TPSA) is 51.4 Å². The lowest BCUT2D eigenvalue weighted by molar-refractivity contribution is 0.241. The predicted octanol–water partition coefficient (Wildman–Crippen LogP) is 2.18. The molecule has 0 saturated carbocycles. The first-order chi connectivity index (χ1) is 8.58. The zero-order valence-corrected chi connectivity index (χ0v) is 11.5. The zero-order valence-electron chi connectivity index (χ0n) is 11.5. The van der Waals surface area contributed by atoms with E-state index in [9.17, 15) is 0 Å². The molecule has 4 heteroatoms. The minimum Gasteiger partial charge on any atom is -0.487 e. The molecule has 0 bridgehead atoms. The summed E-state index contributed by atoms with van der Waals surface area (Å²) < 4.78 is 5.84. The maximum absolute atomic E-state index is 6.01. The van der Waals surface area contributed by atoms with Crippen molar-refractivity contribution in [3.63, 3.8) is 0 Å². The van der Waals surface area contributed by atoms with Gasteiger partial charge in [-0.1, -0.05) is 0 Å². The first-order valence-electron chi connectivity index (χ1n) is 6.72. The summed E-state index contributed by atoms with van der Waals surface area (Å²) in [5.41, 5.74) is 6.01. The first kappa shape index (κ1) is 13.1. The molecule has 0 radical (unpaired) electrons. The number of hydrogen-bond acceptors (Lipinski definition) is 4. The normalized spacial score (nSPS) is 24.4. The van der Waals surface area contributed by atoms with Gasteiger partial charge in [0.05, 0.1) is 6.10 Å². The molecular formula is C14H23N3O. The molecule has 0 spiro atoms. The number of ether oxygens (including phenoxy) is 1. The molecule has 1 aromatic heterocycles. The Morgan fingerprint density at radius 1 is 1.50 bits per heavy atom. The van der Waals surface area contributed by atoms with Gasteiger partial charge in [0, 0.05) is 24.8 Å². The summed E-state index contributed by atoms with van der Waals surface area (Å²) in [6.45, 7) is 7.22. The average molecular weight is 249 g/mol. The van der Waals surface area contributed by atoms with Crippen molar-refractivity contribution in [3.8, 4) is 5.75 Å². The van der Waals surface area contributed by atoms with Gasteiger partial charge < -0.3 is 15.4 Å². The Labute approximate surface area is 109 Å². The standard InChI is InChI=1S/C14H23N3O/c1-10(2)18-13-5-4-7-16-14(13)17-8-6-12(15)9-11(17)3/h4-5,7,10-12H,6,8-9,15H2,1-3H3. The summed E-state index contributed by atoms with van der Waals surface area (Å²) in [5, 5.41) is 0. The van der Waals surface area contributed by atoms with Crippen molar-refractivity contribution in [2.75, 3.05) is 11.4 Å². The molecule has 1 aromatic rings. The van der Waals surface area contributed by atoms with Crippen LogP contribution in [0.15, 0.2) is 18.3 Å².